The van der Waals surface area contributed by atoms with Crippen LogP contribution in [0.5, 0.6) is 5.75 Å². The van der Waals surface area contributed by atoms with Crippen molar-refractivity contribution in [2.75, 3.05) is 20.3 Å². The second-order valence-corrected chi connectivity index (χ2v) is 9.09. The van der Waals surface area contributed by atoms with Crippen LogP contribution in [0, 0.1) is 0 Å². The summed E-state index contributed by atoms with van der Waals surface area (Å²) in [6.07, 6.45) is 2.36. The van der Waals surface area contributed by atoms with E-state index in [2.05, 4.69) is 5.32 Å². The molecule has 9 nitrogen and oxygen atoms in total. The number of methoxy groups -OCH3 is 1. The van der Waals surface area contributed by atoms with E-state index in [9.17, 15) is 18.0 Å². The third-order valence-corrected chi connectivity index (χ3v) is 7.10. The van der Waals surface area contributed by atoms with Crippen molar-refractivity contribution in [3.05, 3.63) is 47.8 Å². The standard InChI is InChI=1S/C21H27N3O6S/c1-4-30-21(26)18-12-16(14-23(18)2)31(27,28)24-11-7-9-17(24)20(25)22-13-15-8-5-6-10-19(15)29-3/h5-6,8,10,12,14,17H,4,7,9,11,13H2,1-3H3,(H,22,25)/t17-/m0/s1. The van der Waals surface area contributed by atoms with E-state index < -0.39 is 22.0 Å². The number of esters is 1. The molecule has 2 heterocycles. The minimum atomic E-state index is -3.96. The number of sulfonamides is 1. The van der Waals surface area contributed by atoms with Gasteiger partial charge in [0.05, 0.1) is 13.7 Å². The third kappa shape index (κ3) is 4.75. The molecule has 10 heteroatoms. The normalized spacial score (nSPS) is 16.8. The Morgan fingerprint density at radius 1 is 1.26 bits per heavy atom. The average Bonchev–Trinajstić information content (AvgIpc) is 3.40. The number of aryl methyl sites for hydroxylation is 1. The first-order chi connectivity index (χ1) is 14.8. The summed E-state index contributed by atoms with van der Waals surface area (Å²) in [7, 11) is -0.832. The number of ether oxygens (including phenoxy) is 2. The van der Waals surface area contributed by atoms with Crippen LogP contribution in [0.1, 0.15) is 35.8 Å². The number of nitrogens with one attached hydrogen (secondary N) is 1. The Hall–Kier alpha value is -2.85. The van der Waals surface area contributed by atoms with Crippen LogP contribution < -0.4 is 10.1 Å². The van der Waals surface area contributed by atoms with Crippen molar-refractivity contribution in [2.24, 2.45) is 7.05 Å². The van der Waals surface area contributed by atoms with Gasteiger partial charge >= 0.3 is 5.97 Å². The molecular formula is C21H27N3O6S. The van der Waals surface area contributed by atoms with Gasteiger partial charge in [0.25, 0.3) is 0 Å². The van der Waals surface area contributed by atoms with E-state index in [-0.39, 0.29) is 36.2 Å². The summed E-state index contributed by atoms with van der Waals surface area (Å²) in [5.41, 5.74) is 0.935. The molecule has 0 saturated carbocycles. The molecule has 2 aromatic rings. The fraction of sp³-hybridized carbons (Fsp3) is 0.429. The molecule has 1 aliphatic heterocycles. The second-order valence-electron chi connectivity index (χ2n) is 7.20. The molecule has 1 aromatic heterocycles. The molecule has 168 valence electrons. The number of carbonyl (C=O) groups is 2. The van der Waals surface area contributed by atoms with Crippen molar-refractivity contribution in [2.45, 2.75) is 37.2 Å². The first-order valence-corrected chi connectivity index (χ1v) is 11.5. The van der Waals surface area contributed by atoms with Gasteiger partial charge in [0.1, 0.15) is 22.4 Å². The number of amides is 1. The van der Waals surface area contributed by atoms with Gasteiger partial charge in [-0.1, -0.05) is 18.2 Å². The predicted molar refractivity (Wildman–Crippen MR) is 113 cm³/mol. The van der Waals surface area contributed by atoms with E-state index in [1.165, 1.54) is 21.1 Å². The quantitative estimate of drug-likeness (QED) is 0.615. The summed E-state index contributed by atoms with van der Waals surface area (Å²) in [6, 6.07) is 7.78. The van der Waals surface area contributed by atoms with Crippen LogP contribution in [0.4, 0.5) is 0 Å². The summed E-state index contributed by atoms with van der Waals surface area (Å²) >= 11 is 0. The van der Waals surface area contributed by atoms with Gasteiger partial charge in [-0.2, -0.15) is 4.31 Å². The first kappa shape index (κ1) is 22.8. The van der Waals surface area contributed by atoms with Crippen molar-refractivity contribution in [3.63, 3.8) is 0 Å². The van der Waals surface area contributed by atoms with Gasteiger partial charge < -0.3 is 19.4 Å². The minimum absolute atomic E-state index is 0.0394. The van der Waals surface area contributed by atoms with Crippen LogP contribution in [-0.2, 0) is 33.1 Å². The fourth-order valence-corrected chi connectivity index (χ4v) is 5.39. The smallest absolute Gasteiger partial charge is 0.354 e. The lowest BCUT2D eigenvalue weighted by Gasteiger charge is -2.23. The zero-order chi connectivity index (χ0) is 22.6. The highest BCUT2D eigenvalue weighted by atomic mass is 32.2. The number of nitrogens with zero attached hydrogens (tertiary/aromatic N) is 2. The van der Waals surface area contributed by atoms with Crippen LogP contribution in [0.25, 0.3) is 0 Å². The molecule has 1 fully saturated rings. The van der Waals surface area contributed by atoms with Crippen molar-refractivity contribution in [1.82, 2.24) is 14.2 Å². The van der Waals surface area contributed by atoms with Gasteiger partial charge in [-0.3, -0.25) is 4.79 Å². The molecule has 1 aliphatic rings. The van der Waals surface area contributed by atoms with E-state index in [4.69, 9.17) is 9.47 Å². The van der Waals surface area contributed by atoms with Crippen LogP contribution in [-0.4, -0.2) is 55.5 Å². The second kappa shape index (κ2) is 9.52. The third-order valence-electron chi connectivity index (χ3n) is 5.22. The van der Waals surface area contributed by atoms with E-state index in [1.807, 2.05) is 18.2 Å². The Labute approximate surface area is 182 Å². The molecular weight excluding hydrogens is 422 g/mol. The first-order valence-electron chi connectivity index (χ1n) is 10.0. The van der Waals surface area contributed by atoms with Gasteiger partial charge in [0, 0.05) is 31.9 Å². The van der Waals surface area contributed by atoms with E-state index in [0.717, 1.165) is 5.56 Å². The summed E-state index contributed by atoms with van der Waals surface area (Å²) in [5.74, 6) is -0.318. The van der Waals surface area contributed by atoms with E-state index in [0.29, 0.717) is 18.6 Å². The summed E-state index contributed by atoms with van der Waals surface area (Å²) in [6.45, 7) is 2.33. The fourth-order valence-electron chi connectivity index (χ4n) is 3.66. The lowest BCUT2D eigenvalue weighted by molar-refractivity contribution is -0.124. The highest BCUT2D eigenvalue weighted by Gasteiger charge is 2.40. The number of para-hydroxylation sites is 1. The van der Waals surface area contributed by atoms with Gasteiger partial charge in [0.2, 0.25) is 15.9 Å². The number of benzene rings is 1. The highest BCUT2D eigenvalue weighted by Crippen LogP contribution is 2.28. The zero-order valence-corrected chi connectivity index (χ0v) is 18.6. The summed E-state index contributed by atoms with van der Waals surface area (Å²) in [5, 5.41) is 2.82. The van der Waals surface area contributed by atoms with Gasteiger partial charge in [-0.25, -0.2) is 13.2 Å². The van der Waals surface area contributed by atoms with Crippen LogP contribution >= 0.6 is 0 Å². The number of aromatic nitrogens is 1. The molecule has 1 saturated heterocycles. The maximum absolute atomic E-state index is 13.2. The van der Waals surface area contributed by atoms with Crippen LogP contribution in [0.15, 0.2) is 41.4 Å². The van der Waals surface area contributed by atoms with Gasteiger partial charge in [-0.05, 0) is 31.9 Å². The number of carbonyl (C=O) groups excluding carboxylic acids is 2. The lowest BCUT2D eigenvalue weighted by atomic mass is 10.2. The minimum Gasteiger partial charge on any atom is -0.496 e. The van der Waals surface area contributed by atoms with Crippen molar-refractivity contribution >= 4 is 21.9 Å². The molecule has 0 radical (unpaired) electrons. The average molecular weight is 450 g/mol. The molecule has 0 spiro atoms. The van der Waals surface area contributed by atoms with Gasteiger partial charge in [-0.15, -0.1) is 0 Å². The number of rotatable bonds is 8. The number of hydrogen-bond donors (Lipinski definition) is 1. The molecule has 31 heavy (non-hydrogen) atoms. The lowest BCUT2D eigenvalue weighted by Crippen LogP contribution is -2.45. The summed E-state index contributed by atoms with van der Waals surface area (Å²) in [4.78, 5) is 24.8. The molecule has 1 amide bonds. The number of hydrogen-bond acceptors (Lipinski definition) is 6. The van der Waals surface area contributed by atoms with Crippen LogP contribution in [0.2, 0.25) is 0 Å². The molecule has 0 unspecified atom stereocenters. The monoisotopic (exact) mass is 449 g/mol. The van der Waals surface area contributed by atoms with Crippen molar-refractivity contribution in [3.8, 4) is 5.75 Å². The predicted octanol–water partition coefficient (Wildman–Crippen LogP) is 1.68. The largest absolute Gasteiger partial charge is 0.496 e. The Morgan fingerprint density at radius 3 is 2.71 bits per heavy atom. The molecule has 1 atom stereocenters. The van der Waals surface area contributed by atoms with Gasteiger partial charge in [0.15, 0.2) is 0 Å². The Kier molecular flexibility index (Phi) is 7.01. The SMILES string of the molecule is CCOC(=O)c1cc(S(=O)(=O)N2CCC[C@H]2C(=O)NCc2ccccc2OC)cn1C. The Morgan fingerprint density at radius 2 is 2.00 bits per heavy atom. The molecule has 0 aliphatic carbocycles. The Balaban J connectivity index is 1.76. The zero-order valence-electron chi connectivity index (χ0n) is 17.8. The molecule has 1 N–H and O–H groups in total. The van der Waals surface area contributed by atoms with E-state index in [1.54, 1.807) is 27.1 Å². The maximum Gasteiger partial charge on any atom is 0.354 e. The molecule has 3 rings (SSSR count). The van der Waals surface area contributed by atoms with Crippen molar-refractivity contribution in [1.29, 1.82) is 0 Å². The van der Waals surface area contributed by atoms with Crippen LogP contribution in [0.3, 0.4) is 0 Å². The topological polar surface area (TPSA) is 107 Å². The van der Waals surface area contributed by atoms with Crippen molar-refractivity contribution < 1.29 is 27.5 Å². The summed E-state index contributed by atoms with van der Waals surface area (Å²) < 4.78 is 39.3. The Bertz CT molecular complexity index is 1060. The highest BCUT2D eigenvalue weighted by molar-refractivity contribution is 7.89. The molecule has 0 bridgehead atoms. The van der Waals surface area contributed by atoms with E-state index >= 15 is 0 Å². The maximum atomic E-state index is 13.2. The molecule has 1 aromatic carbocycles.